The highest BCUT2D eigenvalue weighted by molar-refractivity contribution is 7.09. The maximum Gasteiger partial charge on any atom is 0.140 e. The molecule has 3 heterocycles. The number of anilines is 1. The molecular weight excluding hydrogens is 256 g/mol. The normalized spacial score (nSPS) is 19.1. The van der Waals surface area contributed by atoms with Crippen LogP contribution in [0.3, 0.4) is 0 Å². The second-order valence-corrected chi connectivity index (χ2v) is 5.60. The average molecular weight is 270 g/mol. The van der Waals surface area contributed by atoms with Gasteiger partial charge in [-0.3, -0.25) is 0 Å². The van der Waals surface area contributed by atoms with Gasteiger partial charge >= 0.3 is 0 Å². The molecule has 0 amide bonds. The lowest BCUT2D eigenvalue weighted by atomic mass is 9.98. The maximum atomic E-state index is 8.77. The fourth-order valence-corrected chi connectivity index (χ4v) is 3.26. The van der Waals surface area contributed by atoms with E-state index in [0.29, 0.717) is 11.6 Å². The van der Waals surface area contributed by atoms with Crippen LogP contribution in [0.15, 0.2) is 29.9 Å². The van der Waals surface area contributed by atoms with Gasteiger partial charge in [0.1, 0.15) is 11.8 Å². The summed E-state index contributed by atoms with van der Waals surface area (Å²) in [5.74, 6) is 0.518. The van der Waals surface area contributed by atoms with Crippen molar-refractivity contribution in [1.82, 2.24) is 9.97 Å². The quantitative estimate of drug-likeness (QED) is 0.842. The predicted molar refractivity (Wildman–Crippen MR) is 75.3 cm³/mol. The van der Waals surface area contributed by atoms with Crippen molar-refractivity contribution in [2.45, 2.75) is 18.8 Å². The zero-order valence-corrected chi connectivity index (χ0v) is 11.3. The molecule has 1 saturated heterocycles. The fourth-order valence-electron chi connectivity index (χ4n) is 2.49. The molecule has 1 aliphatic rings. The summed E-state index contributed by atoms with van der Waals surface area (Å²) >= 11 is 1.74. The summed E-state index contributed by atoms with van der Waals surface area (Å²) in [5.41, 5.74) is 1.57. The fraction of sp³-hybridized carbons (Fsp3) is 0.357. The van der Waals surface area contributed by atoms with Crippen LogP contribution >= 0.6 is 11.3 Å². The molecule has 3 rings (SSSR count). The average Bonchev–Trinajstić information content (AvgIpc) is 3.02. The lowest BCUT2D eigenvalue weighted by Gasteiger charge is -2.33. The number of thiazole rings is 1. The zero-order chi connectivity index (χ0) is 13.1. The minimum Gasteiger partial charge on any atom is -0.370 e. The zero-order valence-electron chi connectivity index (χ0n) is 10.5. The van der Waals surface area contributed by atoms with Gasteiger partial charge in [-0.05, 0) is 25.0 Å². The molecule has 2 aromatic heterocycles. The van der Waals surface area contributed by atoms with Crippen LogP contribution in [-0.2, 0) is 0 Å². The Balaban J connectivity index is 1.76. The molecule has 0 N–H and O–H groups in total. The van der Waals surface area contributed by atoms with E-state index in [4.69, 9.17) is 5.26 Å². The third-order valence-electron chi connectivity index (χ3n) is 3.45. The number of nitrogens with zero attached hydrogens (tertiary/aromatic N) is 4. The summed E-state index contributed by atoms with van der Waals surface area (Å²) < 4.78 is 0. The standard InChI is InChI=1S/C14H14N4S/c15-8-12-3-4-13(9-17-12)18-6-1-2-11(10-18)14-16-5-7-19-14/h3-5,7,9,11H,1-2,6,10H2/t11-/m0/s1. The first-order chi connectivity index (χ1) is 9.36. The van der Waals surface area contributed by atoms with Gasteiger partial charge in [-0.25, -0.2) is 9.97 Å². The van der Waals surface area contributed by atoms with Gasteiger partial charge in [0.05, 0.1) is 16.9 Å². The first-order valence-corrected chi connectivity index (χ1v) is 7.25. The van der Waals surface area contributed by atoms with E-state index in [0.717, 1.165) is 18.8 Å². The predicted octanol–water partition coefficient (Wildman–Crippen LogP) is 2.79. The Bertz CT molecular complexity index is 570. The number of pyridine rings is 1. The Hall–Kier alpha value is -1.93. The van der Waals surface area contributed by atoms with Crippen molar-refractivity contribution in [2.75, 3.05) is 18.0 Å². The number of aromatic nitrogens is 2. The van der Waals surface area contributed by atoms with Gasteiger partial charge in [-0.2, -0.15) is 5.26 Å². The van der Waals surface area contributed by atoms with Crippen LogP contribution in [0, 0.1) is 11.3 Å². The van der Waals surface area contributed by atoms with Crippen molar-refractivity contribution < 1.29 is 0 Å². The Morgan fingerprint density at radius 2 is 2.32 bits per heavy atom. The molecule has 2 aromatic rings. The van der Waals surface area contributed by atoms with E-state index < -0.39 is 0 Å². The van der Waals surface area contributed by atoms with E-state index in [2.05, 4.69) is 20.9 Å². The molecule has 1 fully saturated rings. The number of hydrogen-bond donors (Lipinski definition) is 0. The highest BCUT2D eigenvalue weighted by Gasteiger charge is 2.23. The van der Waals surface area contributed by atoms with Crippen LogP contribution in [0.4, 0.5) is 5.69 Å². The molecule has 4 nitrogen and oxygen atoms in total. The lowest BCUT2D eigenvalue weighted by Crippen LogP contribution is -2.34. The first-order valence-electron chi connectivity index (χ1n) is 6.37. The van der Waals surface area contributed by atoms with Gasteiger partial charge in [0, 0.05) is 30.6 Å². The minimum absolute atomic E-state index is 0.470. The summed E-state index contributed by atoms with van der Waals surface area (Å²) in [5, 5.41) is 12.0. The van der Waals surface area contributed by atoms with Crippen molar-refractivity contribution in [3.8, 4) is 6.07 Å². The topological polar surface area (TPSA) is 52.8 Å². The molecule has 19 heavy (non-hydrogen) atoms. The van der Waals surface area contributed by atoms with Crippen LogP contribution < -0.4 is 4.90 Å². The number of piperidine rings is 1. The third-order valence-corrected chi connectivity index (χ3v) is 4.39. The van der Waals surface area contributed by atoms with Crippen LogP contribution in [0.5, 0.6) is 0 Å². The summed E-state index contributed by atoms with van der Waals surface area (Å²) in [4.78, 5) is 10.9. The van der Waals surface area contributed by atoms with Gasteiger partial charge in [0.2, 0.25) is 0 Å². The summed E-state index contributed by atoms with van der Waals surface area (Å²) in [6.07, 6.45) is 6.04. The van der Waals surface area contributed by atoms with Crippen molar-refractivity contribution in [1.29, 1.82) is 5.26 Å². The van der Waals surface area contributed by atoms with Crippen LogP contribution in [-0.4, -0.2) is 23.1 Å². The Morgan fingerprint density at radius 3 is 3.00 bits per heavy atom. The van der Waals surface area contributed by atoms with Gasteiger partial charge in [0.25, 0.3) is 0 Å². The minimum atomic E-state index is 0.470. The molecular formula is C14H14N4S. The molecule has 0 radical (unpaired) electrons. The van der Waals surface area contributed by atoms with Crippen LogP contribution in [0.1, 0.15) is 29.5 Å². The van der Waals surface area contributed by atoms with E-state index in [9.17, 15) is 0 Å². The van der Waals surface area contributed by atoms with Crippen molar-refractivity contribution >= 4 is 17.0 Å². The second kappa shape index (κ2) is 5.37. The monoisotopic (exact) mass is 270 g/mol. The van der Waals surface area contributed by atoms with E-state index in [1.165, 1.54) is 17.8 Å². The Morgan fingerprint density at radius 1 is 1.37 bits per heavy atom. The lowest BCUT2D eigenvalue weighted by molar-refractivity contribution is 0.508. The SMILES string of the molecule is N#Cc1ccc(N2CCC[C@H](c3nccs3)C2)cn1. The Labute approximate surface area is 116 Å². The maximum absolute atomic E-state index is 8.77. The number of hydrogen-bond acceptors (Lipinski definition) is 5. The molecule has 5 heteroatoms. The molecule has 0 saturated carbocycles. The van der Waals surface area contributed by atoms with E-state index in [1.54, 1.807) is 23.6 Å². The van der Waals surface area contributed by atoms with Gasteiger partial charge < -0.3 is 4.90 Å². The molecule has 0 spiro atoms. The molecule has 0 aliphatic carbocycles. The van der Waals surface area contributed by atoms with Gasteiger partial charge in [-0.1, -0.05) is 0 Å². The summed E-state index contributed by atoms with van der Waals surface area (Å²) in [6, 6.07) is 5.81. The molecule has 0 unspecified atom stereocenters. The third kappa shape index (κ3) is 2.59. The van der Waals surface area contributed by atoms with Gasteiger partial charge in [0.15, 0.2) is 0 Å². The summed E-state index contributed by atoms with van der Waals surface area (Å²) in [6.45, 7) is 2.04. The van der Waals surface area contributed by atoms with Crippen molar-refractivity contribution in [2.24, 2.45) is 0 Å². The van der Waals surface area contributed by atoms with Crippen LogP contribution in [0.25, 0.3) is 0 Å². The van der Waals surface area contributed by atoms with Crippen molar-refractivity contribution in [3.63, 3.8) is 0 Å². The number of rotatable bonds is 2. The second-order valence-electron chi connectivity index (χ2n) is 4.67. The number of nitriles is 1. The highest BCUT2D eigenvalue weighted by Crippen LogP contribution is 2.30. The van der Waals surface area contributed by atoms with Crippen molar-refractivity contribution in [3.05, 3.63) is 40.6 Å². The Kier molecular flexibility index (Phi) is 3.43. The first kappa shape index (κ1) is 12.1. The molecule has 1 atom stereocenters. The van der Waals surface area contributed by atoms with E-state index in [1.807, 2.05) is 17.6 Å². The van der Waals surface area contributed by atoms with E-state index in [-0.39, 0.29) is 0 Å². The molecule has 96 valence electrons. The largest absolute Gasteiger partial charge is 0.370 e. The summed E-state index contributed by atoms with van der Waals surface area (Å²) in [7, 11) is 0. The van der Waals surface area contributed by atoms with Crippen LogP contribution in [0.2, 0.25) is 0 Å². The molecule has 1 aliphatic heterocycles. The molecule has 0 aromatic carbocycles. The van der Waals surface area contributed by atoms with Gasteiger partial charge in [-0.15, -0.1) is 11.3 Å². The smallest absolute Gasteiger partial charge is 0.140 e. The molecule has 0 bridgehead atoms. The van der Waals surface area contributed by atoms with E-state index >= 15 is 0 Å². The highest BCUT2D eigenvalue weighted by atomic mass is 32.1.